The van der Waals surface area contributed by atoms with Gasteiger partial charge in [-0.15, -0.1) is 11.3 Å². The third-order valence-electron chi connectivity index (χ3n) is 2.86. The smallest absolute Gasteiger partial charge is 0.192 e. The summed E-state index contributed by atoms with van der Waals surface area (Å²) in [6, 6.07) is 10.5. The average molecular weight is 422 g/mol. The Balaban J connectivity index is 0.000000308. The van der Waals surface area contributed by atoms with Crippen LogP contribution in [0.2, 0.25) is 0 Å². The predicted octanol–water partition coefficient (Wildman–Crippen LogP) is 6.92. The zero-order valence-corrected chi connectivity index (χ0v) is 12.7. The largest absolute Gasteiger partial charge is 0.460 e. The molecule has 0 saturated heterocycles. The van der Waals surface area contributed by atoms with Gasteiger partial charge in [0.25, 0.3) is 0 Å². The molecule has 0 spiro atoms. The minimum Gasteiger partial charge on any atom is -0.192 e. The maximum absolute atomic E-state index is 12.0. The van der Waals surface area contributed by atoms with Crippen molar-refractivity contribution in [3.8, 4) is 0 Å². The number of thiophene rings is 1. The molecule has 148 valence electrons. The van der Waals surface area contributed by atoms with Gasteiger partial charge in [0.15, 0.2) is 0 Å². The Hall–Kier alpha value is -1.66. The summed E-state index contributed by atoms with van der Waals surface area (Å²) in [5, 5.41) is 3.47. The third-order valence-corrected chi connectivity index (χ3v) is 3.76. The van der Waals surface area contributed by atoms with E-state index in [4.69, 9.17) is 0 Å². The van der Waals surface area contributed by atoms with Crippen molar-refractivity contribution >= 4 is 21.4 Å². The molecule has 0 N–H and O–H groups in total. The van der Waals surface area contributed by atoms with Crippen LogP contribution in [-0.2, 0) is 0 Å². The summed E-state index contributed by atoms with van der Waals surface area (Å²) in [4.78, 5) is 0. The van der Waals surface area contributed by atoms with Gasteiger partial charge in [-0.1, -0.05) is 18.2 Å². The summed E-state index contributed by atoms with van der Waals surface area (Å²) >= 11 is 1.79. The van der Waals surface area contributed by atoms with Crippen LogP contribution < -0.4 is 0 Å². The first kappa shape index (κ1) is 22.4. The lowest BCUT2D eigenvalue weighted by atomic mass is 10.0. The zero-order chi connectivity index (χ0) is 20.6. The Morgan fingerprint density at radius 3 is 1.35 bits per heavy atom. The van der Waals surface area contributed by atoms with Crippen LogP contribution in [0.3, 0.4) is 0 Å². The molecular formula is C13H6F12S. The molecule has 2 rings (SSSR count). The van der Waals surface area contributed by atoms with Gasteiger partial charge in [-0.2, -0.15) is 52.7 Å². The molecule has 0 fully saturated rings. The molecule has 0 radical (unpaired) electrons. The van der Waals surface area contributed by atoms with Crippen molar-refractivity contribution in [3.05, 3.63) is 35.7 Å². The summed E-state index contributed by atoms with van der Waals surface area (Å²) in [6.45, 7) is 0. The van der Waals surface area contributed by atoms with Crippen LogP contribution in [0.4, 0.5) is 52.7 Å². The Morgan fingerprint density at radius 1 is 0.538 bits per heavy atom. The highest BCUT2D eigenvalue weighted by Crippen LogP contribution is 2.57. The fourth-order valence-corrected chi connectivity index (χ4v) is 2.25. The fraction of sp³-hybridized carbons (Fsp3) is 0.385. The molecular weight excluding hydrogens is 416 g/mol. The SMILES string of the molecule is FC(F)(F)C(F)(F)C(F)(F)C(F)(F)C(F)(F)F.c1ccc2sccc2c1. The Kier molecular flexibility index (Phi) is 5.87. The second-order valence-corrected chi connectivity index (χ2v) is 5.62. The molecule has 0 aliphatic carbocycles. The monoisotopic (exact) mass is 422 g/mol. The van der Waals surface area contributed by atoms with Gasteiger partial charge < -0.3 is 0 Å². The normalized spacial score (nSPS) is 14.2. The van der Waals surface area contributed by atoms with Gasteiger partial charge >= 0.3 is 30.1 Å². The molecule has 1 heterocycles. The standard InChI is InChI=1S/C8H6S.C5F12/c1-2-4-8-7(3-1)5-6-9-8;6-1(7,2(8,9)4(12,13)14)3(10,11)5(15,16)17/h1-6H;. The maximum atomic E-state index is 12.0. The minimum absolute atomic E-state index is 1.35. The summed E-state index contributed by atoms with van der Waals surface area (Å²) in [6.07, 6.45) is -14.5. The van der Waals surface area contributed by atoms with Crippen LogP contribution in [0.25, 0.3) is 10.1 Å². The second kappa shape index (κ2) is 6.82. The number of alkyl halides is 12. The first-order chi connectivity index (χ1) is 11.5. The van der Waals surface area contributed by atoms with Crippen LogP contribution in [0.5, 0.6) is 0 Å². The molecule has 0 amide bonds. The quantitative estimate of drug-likeness (QED) is 0.461. The van der Waals surface area contributed by atoms with Crippen molar-refractivity contribution in [1.82, 2.24) is 0 Å². The van der Waals surface area contributed by atoms with Gasteiger partial charge in [0.1, 0.15) is 0 Å². The summed E-state index contributed by atoms with van der Waals surface area (Å²) in [5.41, 5.74) is 0. The van der Waals surface area contributed by atoms with Crippen LogP contribution >= 0.6 is 11.3 Å². The van der Waals surface area contributed by atoms with E-state index in [1.807, 2.05) is 0 Å². The van der Waals surface area contributed by atoms with E-state index in [0.29, 0.717) is 0 Å². The second-order valence-electron chi connectivity index (χ2n) is 4.68. The molecule has 0 saturated carbocycles. The Bertz CT molecular complexity index is 666. The highest BCUT2D eigenvalue weighted by atomic mass is 32.1. The molecule has 26 heavy (non-hydrogen) atoms. The minimum atomic E-state index is -7.66. The first-order valence-corrected chi connectivity index (χ1v) is 7.04. The van der Waals surface area contributed by atoms with E-state index in [1.165, 1.54) is 10.1 Å². The van der Waals surface area contributed by atoms with Crippen molar-refractivity contribution in [2.75, 3.05) is 0 Å². The van der Waals surface area contributed by atoms with E-state index in [9.17, 15) is 52.7 Å². The highest BCUT2D eigenvalue weighted by molar-refractivity contribution is 7.17. The summed E-state index contributed by atoms with van der Waals surface area (Å²) in [7, 11) is 0. The summed E-state index contributed by atoms with van der Waals surface area (Å²) < 4.78 is 141. The number of benzene rings is 1. The van der Waals surface area contributed by atoms with Gasteiger partial charge in [-0.3, -0.25) is 0 Å². The van der Waals surface area contributed by atoms with Crippen molar-refractivity contribution in [2.24, 2.45) is 0 Å². The number of hydrogen-bond donors (Lipinski definition) is 0. The third kappa shape index (κ3) is 3.86. The molecule has 0 nitrogen and oxygen atoms in total. The van der Waals surface area contributed by atoms with Gasteiger partial charge in [0, 0.05) is 4.70 Å². The van der Waals surface area contributed by atoms with Crippen LogP contribution in [0, 0.1) is 0 Å². The lowest BCUT2D eigenvalue weighted by molar-refractivity contribution is -0.438. The lowest BCUT2D eigenvalue weighted by Gasteiger charge is -2.34. The number of halogens is 12. The molecule has 1 aromatic carbocycles. The van der Waals surface area contributed by atoms with E-state index in [2.05, 4.69) is 35.7 Å². The molecule has 13 heteroatoms. The van der Waals surface area contributed by atoms with Gasteiger partial charge in [-0.25, -0.2) is 0 Å². The van der Waals surface area contributed by atoms with E-state index in [-0.39, 0.29) is 0 Å². The van der Waals surface area contributed by atoms with E-state index in [0.717, 1.165) is 0 Å². The first-order valence-electron chi connectivity index (χ1n) is 6.16. The van der Waals surface area contributed by atoms with Crippen molar-refractivity contribution < 1.29 is 52.7 Å². The lowest BCUT2D eigenvalue weighted by Crippen LogP contribution is -2.65. The van der Waals surface area contributed by atoms with Crippen LogP contribution in [0.15, 0.2) is 35.7 Å². The topological polar surface area (TPSA) is 0 Å². The van der Waals surface area contributed by atoms with E-state index >= 15 is 0 Å². The average Bonchev–Trinajstić information content (AvgIpc) is 2.93. The number of fused-ring (bicyclic) bond motifs is 1. The van der Waals surface area contributed by atoms with Crippen molar-refractivity contribution in [1.29, 1.82) is 0 Å². The molecule has 1 aromatic heterocycles. The van der Waals surface area contributed by atoms with Gasteiger partial charge in [-0.05, 0) is 22.9 Å². The maximum Gasteiger partial charge on any atom is 0.460 e. The highest BCUT2D eigenvalue weighted by Gasteiger charge is 2.88. The molecule has 0 aliphatic heterocycles. The van der Waals surface area contributed by atoms with Crippen molar-refractivity contribution in [3.63, 3.8) is 0 Å². The Labute approximate surface area is 141 Å². The molecule has 0 aliphatic rings. The van der Waals surface area contributed by atoms with E-state index < -0.39 is 30.1 Å². The fourth-order valence-electron chi connectivity index (χ4n) is 1.46. The molecule has 0 unspecified atom stereocenters. The van der Waals surface area contributed by atoms with E-state index in [1.54, 1.807) is 11.3 Å². The van der Waals surface area contributed by atoms with Crippen molar-refractivity contribution in [2.45, 2.75) is 30.1 Å². The molecule has 0 atom stereocenters. The number of rotatable bonds is 2. The van der Waals surface area contributed by atoms with Crippen LogP contribution in [0.1, 0.15) is 0 Å². The van der Waals surface area contributed by atoms with Gasteiger partial charge in [0.2, 0.25) is 0 Å². The predicted molar refractivity (Wildman–Crippen MR) is 68.8 cm³/mol. The zero-order valence-electron chi connectivity index (χ0n) is 11.9. The molecule has 0 bridgehead atoms. The number of hydrogen-bond acceptors (Lipinski definition) is 1. The molecule has 2 aromatic rings. The Morgan fingerprint density at radius 2 is 0.962 bits per heavy atom. The van der Waals surface area contributed by atoms with Gasteiger partial charge in [0.05, 0.1) is 0 Å². The van der Waals surface area contributed by atoms with Crippen LogP contribution in [-0.4, -0.2) is 30.1 Å². The summed E-state index contributed by atoms with van der Waals surface area (Å²) in [5.74, 6) is -22.7.